The second-order valence-corrected chi connectivity index (χ2v) is 7.70. The lowest BCUT2D eigenvalue weighted by atomic mass is 9.96. The molecule has 4 rings (SSSR count). The van der Waals surface area contributed by atoms with E-state index in [0.717, 1.165) is 39.6 Å². The lowest BCUT2D eigenvalue weighted by Crippen LogP contribution is -2.31. The number of carbonyl (C=O) groups excluding carboxylic acids is 1. The Hall–Kier alpha value is -3.77. The molecule has 1 amide bonds. The maximum Gasteiger partial charge on any atom is 0.251 e. The number of fused-ring (bicyclic) bond motifs is 1. The van der Waals surface area contributed by atoms with Crippen LogP contribution in [0.4, 0.5) is 5.82 Å². The first-order chi connectivity index (χ1) is 15.0. The quantitative estimate of drug-likeness (QED) is 0.504. The van der Waals surface area contributed by atoms with Crippen LogP contribution in [0.15, 0.2) is 73.2 Å². The summed E-state index contributed by atoms with van der Waals surface area (Å²) in [5.41, 5.74) is 10.5. The molecule has 0 radical (unpaired) electrons. The van der Waals surface area contributed by atoms with Gasteiger partial charge in [0.2, 0.25) is 0 Å². The molecule has 0 saturated carbocycles. The van der Waals surface area contributed by atoms with E-state index in [1.807, 2.05) is 79.8 Å². The van der Waals surface area contributed by atoms with Gasteiger partial charge in [-0.2, -0.15) is 0 Å². The molecular formula is C25H25N5O. The monoisotopic (exact) mass is 411 g/mol. The van der Waals surface area contributed by atoms with Crippen molar-refractivity contribution in [2.75, 3.05) is 32.9 Å². The zero-order chi connectivity index (χ0) is 21.8. The highest BCUT2D eigenvalue weighted by Crippen LogP contribution is 2.34. The van der Waals surface area contributed by atoms with E-state index in [0.29, 0.717) is 17.9 Å². The minimum atomic E-state index is -0.0890. The first-order valence-corrected chi connectivity index (χ1v) is 10.1. The summed E-state index contributed by atoms with van der Waals surface area (Å²) in [6, 6.07) is 17.6. The molecule has 2 aromatic carbocycles. The van der Waals surface area contributed by atoms with Crippen molar-refractivity contribution in [2.24, 2.45) is 0 Å². The summed E-state index contributed by atoms with van der Waals surface area (Å²) in [5.74, 6) is 0.375. The van der Waals surface area contributed by atoms with Gasteiger partial charge in [0.25, 0.3) is 5.91 Å². The highest BCUT2D eigenvalue weighted by atomic mass is 16.1. The van der Waals surface area contributed by atoms with Gasteiger partial charge in [-0.3, -0.25) is 9.78 Å². The smallest absolute Gasteiger partial charge is 0.251 e. The number of hydrogen-bond donors (Lipinski definition) is 2. The maximum atomic E-state index is 12.5. The van der Waals surface area contributed by atoms with Gasteiger partial charge in [0, 0.05) is 53.8 Å². The first-order valence-electron chi connectivity index (χ1n) is 10.1. The van der Waals surface area contributed by atoms with Crippen LogP contribution >= 0.6 is 0 Å². The number of nitrogens with zero attached hydrogens (tertiary/aromatic N) is 3. The van der Waals surface area contributed by atoms with E-state index in [9.17, 15) is 4.79 Å². The number of carbonyl (C=O) groups is 1. The van der Waals surface area contributed by atoms with Crippen LogP contribution in [-0.4, -0.2) is 48.0 Å². The van der Waals surface area contributed by atoms with Crippen molar-refractivity contribution in [1.82, 2.24) is 20.2 Å². The van der Waals surface area contributed by atoms with E-state index in [1.54, 1.807) is 12.4 Å². The molecule has 0 spiro atoms. The van der Waals surface area contributed by atoms with Gasteiger partial charge in [-0.05, 0) is 54.9 Å². The number of nitrogens with one attached hydrogen (secondary N) is 1. The van der Waals surface area contributed by atoms with Crippen molar-refractivity contribution in [3.8, 4) is 22.3 Å². The topological polar surface area (TPSA) is 84.1 Å². The normalized spacial score (nSPS) is 11.1. The van der Waals surface area contributed by atoms with Gasteiger partial charge in [-0.1, -0.05) is 30.3 Å². The number of likely N-dealkylation sites (N-methyl/N-ethyl adjacent to an activating group) is 1. The molecule has 156 valence electrons. The van der Waals surface area contributed by atoms with E-state index in [2.05, 4.69) is 15.3 Å². The number of anilines is 1. The van der Waals surface area contributed by atoms with Crippen molar-refractivity contribution in [1.29, 1.82) is 0 Å². The highest BCUT2D eigenvalue weighted by Gasteiger charge is 2.12. The molecule has 6 heteroatoms. The fourth-order valence-electron chi connectivity index (χ4n) is 3.54. The summed E-state index contributed by atoms with van der Waals surface area (Å²) in [4.78, 5) is 23.2. The third-order valence-electron chi connectivity index (χ3n) is 5.19. The number of nitrogens with two attached hydrogens (primary N) is 1. The highest BCUT2D eigenvalue weighted by molar-refractivity contribution is 5.99. The molecule has 0 unspecified atom stereocenters. The minimum Gasteiger partial charge on any atom is -0.383 e. The predicted octanol–water partition coefficient (Wildman–Crippen LogP) is 3.84. The second-order valence-electron chi connectivity index (χ2n) is 7.70. The van der Waals surface area contributed by atoms with E-state index in [1.165, 1.54) is 0 Å². The summed E-state index contributed by atoms with van der Waals surface area (Å²) in [6.07, 6.45) is 5.36. The van der Waals surface area contributed by atoms with Crippen LogP contribution < -0.4 is 11.1 Å². The van der Waals surface area contributed by atoms with Gasteiger partial charge >= 0.3 is 0 Å². The molecule has 0 aliphatic heterocycles. The van der Waals surface area contributed by atoms with Crippen LogP contribution in [-0.2, 0) is 0 Å². The molecule has 0 fully saturated rings. The van der Waals surface area contributed by atoms with Gasteiger partial charge in [0.1, 0.15) is 5.82 Å². The molecule has 3 N–H and O–H groups in total. The summed E-state index contributed by atoms with van der Waals surface area (Å²) < 4.78 is 0. The number of nitrogen functional groups attached to an aromatic ring is 1. The standard InChI is InChI=1S/C25H25N5O/c1-30(2)12-11-28-25(31)18-6-3-5-17(13-18)20-14-23(24(26)29-16-20)22-8-4-7-19-15-27-10-9-21(19)22/h3-10,13-16H,11-12H2,1-2H3,(H2,26,29)(H,28,31). The van der Waals surface area contributed by atoms with Gasteiger partial charge in [-0.25, -0.2) is 4.98 Å². The molecular weight excluding hydrogens is 386 g/mol. The van der Waals surface area contributed by atoms with Crippen molar-refractivity contribution in [3.05, 3.63) is 78.8 Å². The molecule has 2 heterocycles. The predicted molar refractivity (Wildman–Crippen MR) is 126 cm³/mol. The number of rotatable bonds is 6. The van der Waals surface area contributed by atoms with E-state index >= 15 is 0 Å². The molecule has 0 aliphatic rings. The van der Waals surface area contributed by atoms with Gasteiger partial charge < -0.3 is 16.0 Å². The average Bonchev–Trinajstić information content (AvgIpc) is 2.79. The number of hydrogen-bond acceptors (Lipinski definition) is 5. The van der Waals surface area contributed by atoms with Crippen LogP contribution in [0.25, 0.3) is 33.0 Å². The first kappa shape index (κ1) is 20.5. The Balaban J connectivity index is 1.68. The van der Waals surface area contributed by atoms with Crippen LogP contribution in [0.1, 0.15) is 10.4 Å². The molecule has 0 aliphatic carbocycles. The Morgan fingerprint density at radius 3 is 2.68 bits per heavy atom. The average molecular weight is 412 g/mol. The Bertz CT molecular complexity index is 1230. The summed E-state index contributed by atoms with van der Waals surface area (Å²) in [5, 5.41) is 5.06. The van der Waals surface area contributed by atoms with Gasteiger partial charge in [-0.15, -0.1) is 0 Å². The lowest BCUT2D eigenvalue weighted by Gasteiger charge is -2.12. The Morgan fingerprint density at radius 1 is 1.00 bits per heavy atom. The molecule has 2 aromatic heterocycles. The fourth-order valence-corrected chi connectivity index (χ4v) is 3.54. The van der Waals surface area contributed by atoms with Crippen molar-refractivity contribution in [3.63, 3.8) is 0 Å². The molecule has 4 aromatic rings. The van der Waals surface area contributed by atoms with E-state index < -0.39 is 0 Å². The van der Waals surface area contributed by atoms with Gasteiger partial charge in [0.05, 0.1) is 0 Å². The fraction of sp³-hybridized carbons (Fsp3) is 0.160. The van der Waals surface area contributed by atoms with E-state index in [4.69, 9.17) is 5.73 Å². The third-order valence-corrected chi connectivity index (χ3v) is 5.19. The lowest BCUT2D eigenvalue weighted by molar-refractivity contribution is 0.0951. The Labute approximate surface area is 181 Å². The van der Waals surface area contributed by atoms with Gasteiger partial charge in [0.15, 0.2) is 0 Å². The van der Waals surface area contributed by atoms with Crippen LogP contribution in [0, 0.1) is 0 Å². The molecule has 0 saturated heterocycles. The van der Waals surface area contributed by atoms with Crippen molar-refractivity contribution < 1.29 is 4.79 Å². The third kappa shape index (κ3) is 4.54. The van der Waals surface area contributed by atoms with Crippen molar-refractivity contribution >= 4 is 22.5 Å². The number of pyridine rings is 2. The molecule has 31 heavy (non-hydrogen) atoms. The van der Waals surface area contributed by atoms with Crippen molar-refractivity contribution in [2.45, 2.75) is 0 Å². The Morgan fingerprint density at radius 2 is 1.84 bits per heavy atom. The SMILES string of the molecule is CN(C)CCNC(=O)c1cccc(-c2cnc(N)c(-c3cccc4cnccc34)c2)c1. The zero-order valence-corrected chi connectivity index (χ0v) is 17.7. The maximum absolute atomic E-state index is 12.5. The number of amides is 1. The molecule has 0 bridgehead atoms. The summed E-state index contributed by atoms with van der Waals surface area (Å²) >= 11 is 0. The minimum absolute atomic E-state index is 0.0890. The summed E-state index contributed by atoms with van der Waals surface area (Å²) in [7, 11) is 3.95. The summed E-state index contributed by atoms with van der Waals surface area (Å²) in [6.45, 7) is 1.39. The molecule has 6 nitrogen and oxygen atoms in total. The largest absolute Gasteiger partial charge is 0.383 e. The molecule has 0 atom stereocenters. The van der Waals surface area contributed by atoms with Crippen LogP contribution in [0.3, 0.4) is 0 Å². The number of aromatic nitrogens is 2. The number of benzene rings is 2. The Kier molecular flexibility index (Phi) is 5.91. The van der Waals surface area contributed by atoms with E-state index in [-0.39, 0.29) is 5.91 Å². The van der Waals surface area contributed by atoms with Crippen LogP contribution in [0.5, 0.6) is 0 Å². The zero-order valence-electron chi connectivity index (χ0n) is 17.7. The van der Waals surface area contributed by atoms with Crippen LogP contribution in [0.2, 0.25) is 0 Å². The second kappa shape index (κ2) is 8.93.